The van der Waals surface area contributed by atoms with Crippen molar-refractivity contribution in [2.24, 2.45) is 0 Å². The number of nitrogens with zero attached hydrogens (tertiary/aromatic N) is 1. The van der Waals surface area contributed by atoms with Crippen molar-refractivity contribution in [3.63, 3.8) is 0 Å². The van der Waals surface area contributed by atoms with E-state index in [1.165, 1.54) is 6.07 Å². The number of ether oxygens (including phenoxy) is 1. The number of nitro benzene ring substituents is 1. The third-order valence-corrected chi connectivity index (χ3v) is 2.96. The number of nitro groups is 1. The zero-order valence-corrected chi connectivity index (χ0v) is 12.5. The standard InChI is InChI=1S/C15H24N2O3/c1-4-5-6-9-20-15-8-7-14(17(18)19)10-13(15)11-16-12(2)3/h7-8,10,12,16H,4-6,9,11H2,1-3H3. The van der Waals surface area contributed by atoms with Gasteiger partial charge in [-0.15, -0.1) is 0 Å². The van der Waals surface area contributed by atoms with Crippen LogP contribution in [-0.2, 0) is 6.54 Å². The summed E-state index contributed by atoms with van der Waals surface area (Å²) in [6, 6.07) is 5.10. The molecule has 0 aliphatic carbocycles. The molecule has 112 valence electrons. The van der Waals surface area contributed by atoms with Crippen molar-refractivity contribution in [3.05, 3.63) is 33.9 Å². The predicted molar refractivity (Wildman–Crippen MR) is 80.1 cm³/mol. The van der Waals surface area contributed by atoms with E-state index in [1.54, 1.807) is 12.1 Å². The highest BCUT2D eigenvalue weighted by molar-refractivity contribution is 5.43. The maximum Gasteiger partial charge on any atom is 0.270 e. The molecule has 0 fully saturated rings. The lowest BCUT2D eigenvalue weighted by molar-refractivity contribution is -0.384. The lowest BCUT2D eigenvalue weighted by Gasteiger charge is -2.13. The van der Waals surface area contributed by atoms with Crippen LogP contribution in [0.3, 0.4) is 0 Å². The number of nitrogens with one attached hydrogen (secondary N) is 1. The first-order valence-electron chi connectivity index (χ1n) is 7.18. The Hall–Kier alpha value is -1.62. The van der Waals surface area contributed by atoms with Crippen LogP contribution in [0.5, 0.6) is 5.75 Å². The van der Waals surface area contributed by atoms with Gasteiger partial charge in [-0.1, -0.05) is 33.6 Å². The maximum absolute atomic E-state index is 10.8. The van der Waals surface area contributed by atoms with Gasteiger partial charge >= 0.3 is 0 Å². The Balaban J connectivity index is 2.76. The molecule has 0 amide bonds. The van der Waals surface area contributed by atoms with Crippen LogP contribution in [0.15, 0.2) is 18.2 Å². The third-order valence-electron chi connectivity index (χ3n) is 2.96. The quantitative estimate of drug-likeness (QED) is 0.426. The van der Waals surface area contributed by atoms with Gasteiger partial charge in [-0.25, -0.2) is 0 Å². The van der Waals surface area contributed by atoms with E-state index in [9.17, 15) is 10.1 Å². The van der Waals surface area contributed by atoms with E-state index in [-0.39, 0.29) is 10.6 Å². The van der Waals surface area contributed by atoms with E-state index in [4.69, 9.17) is 4.74 Å². The van der Waals surface area contributed by atoms with Gasteiger partial charge in [-0.3, -0.25) is 10.1 Å². The molecule has 20 heavy (non-hydrogen) atoms. The number of benzene rings is 1. The van der Waals surface area contributed by atoms with Crippen molar-refractivity contribution in [3.8, 4) is 5.75 Å². The van der Waals surface area contributed by atoms with E-state index in [0.29, 0.717) is 19.2 Å². The van der Waals surface area contributed by atoms with Crippen molar-refractivity contribution < 1.29 is 9.66 Å². The van der Waals surface area contributed by atoms with Crippen LogP contribution in [0.4, 0.5) is 5.69 Å². The van der Waals surface area contributed by atoms with Crippen LogP contribution in [0.1, 0.15) is 45.6 Å². The van der Waals surface area contributed by atoms with E-state index in [2.05, 4.69) is 12.2 Å². The van der Waals surface area contributed by atoms with Gasteiger partial charge in [-0.2, -0.15) is 0 Å². The van der Waals surface area contributed by atoms with Crippen LogP contribution in [0.25, 0.3) is 0 Å². The highest BCUT2D eigenvalue weighted by Gasteiger charge is 2.12. The Bertz CT molecular complexity index is 433. The van der Waals surface area contributed by atoms with Crippen molar-refractivity contribution in [2.45, 2.75) is 52.6 Å². The number of rotatable bonds is 9. The summed E-state index contributed by atoms with van der Waals surface area (Å²) >= 11 is 0. The second-order valence-corrected chi connectivity index (χ2v) is 5.14. The Morgan fingerprint density at radius 1 is 1.35 bits per heavy atom. The highest BCUT2D eigenvalue weighted by atomic mass is 16.6. The minimum atomic E-state index is -0.375. The third kappa shape index (κ3) is 5.57. The minimum Gasteiger partial charge on any atom is -0.493 e. The van der Waals surface area contributed by atoms with Crippen molar-refractivity contribution in [2.75, 3.05) is 6.61 Å². The Labute approximate surface area is 120 Å². The van der Waals surface area contributed by atoms with Gasteiger partial charge in [0.25, 0.3) is 5.69 Å². The number of unbranched alkanes of at least 4 members (excludes halogenated alkanes) is 2. The number of non-ortho nitro benzene ring substituents is 1. The van der Waals surface area contributed by atoms with Gasteiger partial charge in [0.05, 0.1) is 11.5 Å². The molecular weight excluding hydrogens is 256 g/mol. The molecule has 5 nitrogen and oxygen atoms in total. The summed E-state index contributed by atoms with van der Waals surface area (Å²) in [6.45, 7) is 7.45. The highest BCUT2D eigenvalue weighted by Crippen LogP contribution is 2.24. The first-order valence-corrected chi connectivity index (χ1v) is 7.18. The zero-order valence-electron chi connectivity index (χ0n) is 12.5. The maximum atomic E-state index is 10.8. The molecule has 0 atom stereocenters. The van der Waals surface area contributed by atoms with Gasteiger partial charge in [0.2, 0.25) is 0 Å². The first kappa shape index (κ1) is 16.4. The molecule has 0 saturated carbocycles. The Kier molecular flexibility index (Phi) is 7.01. The van der Waals surface area contributed by atoms with Crippen LogP contribution in [-0.4, -0.2) is 17.6 Å². The van der Waals surface area contributed by atoms with Crippen LogP contribution < -0.4 is 10.1 Å². The number of hydrogen-bond donors (Lipinski definition) is 1. The molecule has 0 aliphatic heterocycles. The summed E-state index contributed by atoms with van der Waals surface area (Å²) in [5, 5.41) is 14.1. The molecule has 0 aliphatic rings. The van der Waals surface area contributed by atoms with Gasteiger partial charge < -0.3 is 10.1 Å². The summed E-state index contributed by atoms with van der Waals surface area (Å²) < 4.78 is 5.74. The Morgan fingerprint density at radius 3 is 2.70 bits per heavy atom. The largest absolute Gasteiger partial charge is 0.493 e. The summed E-state index contributed by atoms with van der Waals surface area (Å²) in [6.07, 6.45) is 3.28. The van der Waals surface area contributed by atoms with Crippen LogP contribution >= 0.6 is 0 Å². The number of hydrogen-bond acceptors (Lipinski definition) is 4. The molecule has 0 radical (unpaired) electrons. The molecule has 0 spiro atoms. The smallest absolute Gasteiger partial charge is 0.270 e. The second kappa shape index (κ2) is 8.53. The van der Waals surface area contributed by atoms with E-state index >= 15 is 0 Å². The summed E-state index contributed by atoms with van der Waals surface area (Å²) in [5.74, 6) is 0.736. The molecule has 1 N–H and O–H groups in total. The van der Waals surface area contributed by atoms with Gasteiger partial charge in [-0.05, 0) is 12.5 Å². The van der Waals surface area contributed by atoms with Gasteiger partial charge in [0, 0.05) is 30.3 Å². The fourth-order valence-electron chi connectivity index (χ4n) is 1.81. The van der Waals surface area contributed by atoms with Crippen molar-refractivity contribution in [1.29, 1.82) is 0 Å². The molecular formula is C15H24N2O3. The normalized spacial score (nSPS) is 10.8. The molecule has 1 aromatic rings. The van der Waals surface area contributed by atoms with Crippen molar-refractivity contribution in [1.82, 2.24) is 5.32 Å². The van der Waals surface area contributed by atoms with Gasteiger partial charge in [0.1, 0.15) is 5.75 Å². The summed E-state index contributed by atoms with van der Waals surface area (Å²) in [7, 11) is 0. The second-order valence-electron chi connectivity index (χ2n) is 5.14. The van der Waals surface area contributed by atoms with E-state index in [0.717, 1.165) is 30.6 Å². The Morgan fingerprint density at radius 2 is 2.10 bits per heavy atom. The fourth-order valence-corrected chi connectivity index (χ4v) is 1.81. The van der Waals surface area contributed by atoms with E-state index in [1.807, 2.05) is 13.8 Å². The molecule has 0 aromatic heterocycles. The molecule has 1 rings (SSSR count). The summed E-state index contributed by atoms with van der Waals surface area (Å²) in [5.41, 5.74) is 0.941. The van der Waals surface area contributed by atoms with Crippen molar-refractivity contribution >= 4 is 5.69 Å². The minimum absolute atomic E-state index is 0.103. The monoisotopic (exact) mass is 280 g/mol. The average molecular weight is 280 g/mol. The molecule has 0 unspecified atom stereocenters. The lowest BCUT2D eigenvalue weighted by atomic mass is 10.1. The van der Waals surface area contributed by atoms with E-state index < -0.39 is 0 Å². The average Bonchev–Trinajstić information content (AvgIpc) is 2.41. The van der Waals surface area contributed by atoms with Crippen LogP contribution in [0, 0.1) is 10.1 Å². The molecule has 5 heteroatoms. The molecule has 0 bridgehead atoms. The zero-order chi connectivity index (χ0) is 15.0. The predicted octanol–water partition coefficient (Wildman–Crippen LogP) is 3.66. The molecule has 1 aromatic carbocycles. The topological polar surface area (TPSA) is 64.4 Å². The molecule has 0 saturated heterocycles. The molecule has 0 heterocycles. The lowest BCUT2D eigenvalue weighted by Crippen LogP contribution is -2.22. The first-order chi connectivity index (χ1) is 9.54. The van der Waals surface area contributed by atoms with Gasteiger partial charge in [0.15, 0.2) is 0 Å². The summed E-state index contributed by atoms with van der Waals surface area (Å²) in [4.78, 5) is 10.5. The fraction of sp³-hybridized carbons (Fsp3) is 0.600. The SMILES string of the molecule is CCCCCOc1ccc([N+](=O)[O-])cc1CNC(C)C. The van der Waals surface area contributed by atoms with Crippen LogP contribution in [0.2, 0.25) is 0 Å².